The number of ketones is 1. The van der Waals surface area contributed by atoms with Crippen molar-refractivity contribution in [2.24, 2.45) is 0 Å². The van der Waals surface area contributed by atoms with Gasteiger partial charge in [0, 0.05) is 24.2 Å². The van der Waals surface area contributed by atoms with Gasteiger partial charge in [-0.3, -0.25) is 19.8 Å². The third-order valence-corrected chi connectivity index (χ3v) is 6.40. The highest BCUT2D eigenvalue weighted by Crippen LogP contribution is 2.39. The number of halogens is 1. The number of nitrogens with one attached hydrogen (secondary N) is 2. The van der Waals surface area contributed by atoms with Crippen LogP contribution in [-0.4, -0.2) is 66.9 Å². The molecule has 11 heteroatoms. The molecule has 216 valence electrons. The number of fused-ring (bicyclic) bond motifs is 1. The minimum Gasteiger partial charge on any atom is -0.496 e. The average Bonchev–Trinajstić information content (AvgIpc) is 3.19. The first-order chi connectivity index (χ1) is 18.8. The van der Waals surface area contributed by atoms with E-state index >= 15 is 4.39 Å². The van der Waals surface area contributed by atoms with Crippen LogP contribution in [0.15, 0.2) is 18.2 Å². The van der Waals surface area contributed by atoms with Crippen LogP contribution in [0.3, 0.4) is 0 Å². The summed E-state index contributed by atoms with van der Waals surface area (Å²) >= 11 is 0. The SMILES string of the molecule is CCOc1cc2c(c(F)c1OCC)C(=N)N(CC(=O)c1cc(C(=O)NCCC(=O)O)c(OC)c(C(C)(C)C)c1)C2. The molecular formula is C29H36FN3O7. The second kappa shape index (κ2) is 12.4. The van der Waals surface area contributed by atoms with Gasteiger partial charge in [-0.05, 0) is 43.0 Å². The van der Waals surface area contributed by atoms with Crippen molar-refractivity contribution in [3.63, 3.8) is 0 Å². The van der Waals surface area contributed by atoms with Crippen LogP contribution in [0.5, 0.6) is 17.2 Å². The van der Waals surface area contributed by atoms with E-state index in [9.17, 15) is 14.4 Å². The predicted molar refractivity (Wildman–Crippen MR) is 147 cm³/mol. The van der Waals surface area contributed by atoms with E-state index in [1.165, 1.54) is 18.1 Å². The number of benzene rings is 2. The Bertz CT molecular complexity index is 1330. The first-order valence-electron chi connectivity index (χ1n) is 13.0. The lowest BCUT2D eigenvalue weighted by molar-refractivity contribution is -0.136. The first-order valence-corrected chi connectivity index (χ1v) is 13.0. The van der Waals surface area contributed by atoms with E-state index in [1.54, 1.807) is 26.0 Å². The molecule has 0 unspecified atom stereocenters. The lowest BCUT2D eigenvalue weighted by Crippen LogP contribution is -2.31. The molecule has 40 heavy (non-hydrogen) atoms. The normalized spacial score (nSPS) is 12.7. The van der Waals surface area contributed by atoms with E-state index in [4.69, 9.17) is 24.7 Å². The summed E-state index contributed by atoms with van der Waals surface area (Å²) in [6, 6.07) is 4.69. The van der Waals surface area contributed by atoms with Crippen LogP contribution in [0, 0.1) is 11.2 Å². The third kappa shape index (κ3) is 6.35. The van der Waals surface area contributed by atoms with E-state index in [-0.39, 0.29) is 78.2 Å². The van der Waals surface area contributed by atoms with Crippen LogP contribution < -0.4 is 19.5 Å². The maximum absolute atomic E-state index is 15.4. The van der Waals surface area contributed by atoms with E-state index in [1.807, 2.05) is 20.8 Å². The number of hydrogen-bond acceptors (Lipinski definition) is 7. The van der Waals surface area contributed by atoms with Crippen LogP contribution in [0.25, 0.3) is 0 Å². The van der Waals surface area contributed by atoms with Crippen LogP contribution >= 0.6 is 0 Å². The van der Waals surface area contributed by atoms with Crippen molar-refractivity contribution in [2.75, 3.05) is 33.4 Å². The zero-order chi connectivity index (χ0) is 29.8. The molecule has 0 saturated heterocycles. The zero-order valence-electron chi connectivity index (χ0n) is 23.7. The third-order valence-electron chi connectivity index (χ3n) is 6.40. The Balaban J connectivity index is 1.96. The number of ether oxygens (including phenoxy) is 3. The topological polar surface area (TPSA) is 138 Å². The summed E-state index contributed by atoms with van der Waals surface area (Å²) in [5.41, 5.74) is 0.968. The number of aliphatic carboxylic acids is 1. The monoisotopic (exact) mass is 557 g/mol. The molecule has 3 rings (SSSR count). The molecule has 0 aromatic heterocycles. The van der Waals surface area contributed by atoms with Crippen LogP contribution in [0.1, 0.15) is 78.4 Å². The van der Waals surface area contributed by atoms with Crippen molar-refractivity contribution in [1.29, 1.82) is 5.41 Å². The second-order valence-electron chi connectivity index (χ2n) is 10.3. The Kier molecular flexibility index (Phi) is 9.39. The minimum absolute atomic E-state index is 0.0586. The molecule has 1 amide bonds. The molecule has 0 fully saturated rings. The molecule has 2 aromatic carbocycles. The number of carboxylic acid groups (broad SMARTS) is 1. The van der Waals surface area contributed by atoms with Gasteiger partial charge in [0.05, 0.1) is 44.4 Å². The number of carbonyl (C=O) groups excluding carboxylic acids is 2. The van der Waals surface area contributed by atoms with Gasteiger partial charge in [0.1, 0.15) is 11.6 Å². The van der Waals surface area contributed by atoms with Crippen molar-refractivity contribution in [1.82, 2.24) is 10.2 Å². The van der Waals surface area contributed by atoms with E-state index < -0.39 is 23.1 Å². The molecule has 1 heterocycles. The highest BCUT2D eigenvalue weighted by atomic mass is 19.1. The molecule has 0 spiro atoms. The lowest BCUT2D eigenvalue weighted by atomic mass is 9.83. The number of carboxylic acids is 1. The molecule has 1 aliphatic rings. The fourth-order valence-electron chi connectivity index (χ4n) is 4.54. The van der Waals surface area contributed by atoms with E-state index in [0.29, 0.717) is 17.7 Å². The van der Waals surface area contributed by atoms with Crippen molar-refractivity contribution in [2.45, 2.75) is 53.0 Å². The number of amides is 1. The number of methoxy groups -OCH3 is 1. The van der Waals surface area contributed by atoms with E-state index in [2.05, 4.69) is 5.32 Å². The summed E-state index contributed by atoms with van der Waals surface area (Å²) in [7, 11) is 1.42. The molecule has 2 aromatic rings. The fraction of sp³-hybridized carbons (Fsp3) is 0.448. The molecule has 1 aliphatic heterocycles. The zero-order valence-corrected chi connectivity index (χ0v) is 23.7. The molecule has 0 saturated carbocycles. The number of nitrogens with zero attached hydrogens (tertiary/aromatic N) is 1. The molecule has 0 aliphatic carbocycles. The molecule has 0 bridgehead atoms. The Labute approximate surface area is 232 Å². The molecular weight excluding hydrogens is 521 g/mol. The molecule has 3 N–H and O–H groups in total. The summed E-state index contributed by atoms with van der Waals surface area (Å²) in [4.78, 5) is 38.9. The van der Waals surface area contributed by atoms with Crippen molar-refractivity contribution in [3.8, 4) is 17.2 Å². The van der Waals surface area contributed by atoms with Gasteiger partial charge in [0.25, 0.3) is 5.91 Å². The summed E-state index contributed by atoms with van der Waals surface area (Å²) in [6.07, 6.45) is -0.261. The number of hydrogen-bond donors (Lipinski definition) is 3. The Hall–Kier alpha value is -4.15. The predicted octanol–water partition coefficient (Wildman–Crippen LogP) is 4.16. The maximum Gasteiger partial charge on any atom is 0.305 e. The molecule has 10 nitrogen and oxygen atoms in total. The number of carbonyl (C=O) groups is 3. The average molecular weight is 558 g/mol. The first kappa shape index (κ1) is 30.4. The van der Waals surface area contributed by atoms with Crippen LogP contribution in [0.2, 0.25) is 0 Å². The van der Waals surface area contributed by atoms with Crippen molar-refractivity contribution >= 4 is 23.5 Å². The number of rotatable bonds is 12. The highest BCUT2D eigenvalue weighted by molar-refractivity contribution is 6.07. The quantitative estimate of drug-likeness (QED) is 0.331. The summed E-state index contributed by atoms with van der Waals surface area (Å²) in [5, 5.41) is 20.1. The van der Waals surface area contributed by atoms with Gasteiger partial charge in [0.15, 0.2) is 23.1 Å². The van der Waals surface area contributed by atoms with Gasteiger partial charge >= 0.3 is 5.97 Å². The Morgan fingerprint density at radius 1 is 1.10 bits per heavy atom. The van der Waals surface area contributed by atoms with Gasteiger partial charge in [-0.1, -0.05) is 20.8 Å². The standard InChI is InChI=1S/C29H36FN3O7/c1-7-39-21-13-17-14-33(27(31)23(17)24(30)26(21)40-8-2)15-20(34)16-11-18(28(37)32-10-9-22(35)36)25(38-6)19(12-16)29(3,4)5/h11-13,31H,7-10,14-15H2,1-6H3,(H,32,37)(H,35,36). The van der Waals surface area contributed by atoms with Gasteiger partial charge in [-0.25, -0.2) is 4.39 Å². The molecule has 0 radical (unpaired) electrons. The van der Waals surface area contributed by atoms with Crippen molar-refractivity contribution in [3.05, 3.63) is 51.8 Å². The molecule has 0 atom stereocenters. The largest absolute Gasteiger partial charge is 0.496 e. The van der Waals surface area contributed by atoms with Gasteiger partial charge in [0.2, 0.25) is 0 Å². The number of amidine groups is 1. The van der Waals surface area contributed by atoms with E-state index in [0.717, 1.165) is 0 Å². The lowest BCUT2D eigenvalue weighted by Gasteiger charge is -2.25. The van der Waals surface area contributed by atoms with Gasteiger partial charge in [-0.2, -0.15) is 0 Å². The maximum atomic E-state index is 15.4. The van der Waals surface area contributed by atoms with Gasteiger partial charge < -0.3 is 29.5 Å². The fourth-order valence-corrected chi connectivity index (χ4v) is 4.54. The summed E-state index contributed by atoms with van der Waals surface area (Å²) in [6.45, 7) is 9.53. The Morgan fingerprint density at radius 2 is 1.77 bits per heavy atom. The summed E-state index contributed by atoms with van der Waals surface area (Å²) in [5.74, 6) is -2.42. The smallest absolute Gasteiger partial charge is 0.305 e. The van der Waals surface area contributed by atoms with Gasteiger partial charge in [-0.15, -0.1) is 0 Å². The second-order valence-corrected chi connectivity index (χ2v) is 10.3. The summed E-state index contributed by atoms with van der Waals surface area (Å²) < 4.78 is 32.0. The van der Waals surface area contributed by atoms with Crippen LogP contribution in [0.4, 0.5) is 4.39 Å². The number of Topliss-reactive ketones (excluding diaryl/α,β-unsaturated/α-hetero) is 1. The highest BCUT2D eigenvalue weighted by Gasteiger charge is 2.34. The van der Waals surface area contributed by atoms with Crippen molar-refractivity contribution < 1.29 is 38.1 Å². The van der Waals surface area contributed by atoms with Crippen LogP contribution in [-0.2, 0) is 16.8 Å². The Morgan fingerprint density at radius 3 is 2.35 bits per heavy atom. The minimum atomic E-state index is -1.06.